The second-order valence-corrected chi connectivity index (χ2v) is 7.78. The normalized spacial score (nSPS) is 16.3. The van der Waals surface area contributed by atoms with Gasteiger partial charge in [-0.3, -0.25) is 9.88 Å². The molecule has 0 fully saturated rings. The first-order valence-corrected chi connectivity index (χ1v) is 10.3. The largest absolute Gasteiger partial charge is 0.492 e. The number of aliphatic hydroxyl groups excluding tert-OH is 1. The van der Waals surface area contributed by atoms with Gasteiger partial charge in [-0.1, -0.05) is 49.4 Å². The molecule has 0 unspecified atom stereocenters. The number of aliphatic hydroxyl groups is 1. The molecule has 0 bridgehead atoms. The lowest BCUT2D eigenvalue weighted by molar-refractivity contribution is 0.219. The van der Waals surface area contributed by atoms with Crippen molar-refractivity contribution in [3.05, 3.63) is 95.3 Å². The van der Waals surface area contributed by atoms with Crippen LogP contribution in [0.5, 0.6) is 5.75 Å². The maximum absolute atomic E-state index is 10.7. The Morgan fingerprint density at radius 1 is 1.03 bits per heavy atom. The zero-order chi connectivity index (χ0) is 20.1. The van der Waals surface area contributed by atoms with Crippen LogP contribution < -0.4 is 4.74 Å². The molecular formula is C25H28N2O2. The summed E-state index contributed by atoms with van der Waals surface area (Å²) in [6.07, 6.45) is 3.86. The topological polar surface area (TPSA) is 45.6 Å². The van der Waals surface area contributed by atoms with Crippen LogP contribution >= 0.6 is 0 Å². The molecule has 2 heterocycles. The van der Waals surface area contributed by atoms with Crippen molar-refractivity contribution >= 4 is 0 Å². The fourth-order valence-electron chi connectivity index (χ4n) is 3.88. The zero-order valence-corrected chi connectivity index (χ0v) is 16.9. The molecule has 0 amide bonds. The molecule has 29 heavy (non-hydrogen) atoms. The Balaban J connectivity index is 1.45. The molecule has 1 aliphatic heterocycles. The third kappa shape index (κ3) is 4.84. The van der Waals surface area contributed by atoms with Gasteiger partial charge in [0, 0.05) is 36.6 Å². The van der Waals surface area contributed by atoms with Crippen molar-refractivity contribution < 1.29 is 9.84 Å². The van der Waals surface area contributed by atoms with E-state index in [0.717, 1.165) is 48.5 Å². The standard InChI is InChI=1S/C25H28N2O2/c1-19(20-6-3-2-4-7-20)11-13-27-14-15-29-24-10-9-21(16-23(24)18-27)25(28)22-8-5-12-26-17-22/h2-10,12,16-17,19,25,28H,11,13-15,18H2,1H3/t19-,25-/m1/s1. The van der Waals surface area contributed by atoms with E-state index in [2.05, 4.69) is 53.2 Å². The molecule has 150 valence electrons. The average molecular weight is 389 g/mol. The summed E-state index contributed by atoms with van der Waals surface area (Å²) in [4.78, 5) is 6.57. The van der Waals surface area contributed by atoms with Gasteiger partial charge >= 0.3 is 0 Å². The molecule has 0 saturated heterocycles. The number of hydrogen-bond donors (Lipinski definition) is 1. The van der Waals surface area contributed by atoms with Gasteiger partial charge in [0.25, 0.3) is 0 Å². The predicted octanol–water partition coefficient (Wildman–Crippen LogP) is 4.55. The summed E-state index contributed by atoms with van der Waals surface area (Å²) in [6, 6.07) is 20.5. The van der Waals surface area contributed by atoms with Gasteiger partial charge in [0.2, 0.25) is 0 Å². The summed E-state index contributed by atoms with van der Waals surface area (Å²) in [7, 11) is 0. The molecule has 2 atom stereocenters. The highest BCUT2D eigenvalue weighted by molar-refractivity contribution is 5.40. The van der Waals surface area contributed by atoms with E-state index in [0.29, 0.717) is 12.5 Å². The van der Waals surface area contributed by atoms with Crippen molar-refractivity contribution in [3.63, 3.8) is 0 Å². The van der Waals surface area contributed by atoms with Gasteiger partial charge < -0.3 is 9.84 Å². The fraction of sp³-hybridized carbons (Fsp3) is 0.320. The second kappa shape index (κ2) is 9.21. The second-order valence-electron chi connectivity index (χ2n) is 7.78. The van der Waals surface area contributed by atoms with E-state index in [-0.39, 0.29) is 0 Å². The van der Waals surface area contributed by atoms with Crippen molar-refractivity contribution in [2.45, 2.75) is 31.9 Å². The Morgan fingerprint density at radius 2 is 1.86 bits per heavy atom. The van der Waals surface area contributed by atoms with Crippen LogP contribution in [0.3, 0.4) is 0 Å². The number of hydrogen-bond acceptors (Lipinski definition) is 4. The van der Waals surface area contributed by atoms with Crippen molar-refractivity contribution in [3.8, 4) is 5.75 Å². The molecule has 0 saturated carbocycles. The molecule has 3 aromatic rings. The summed E-state index contributed by atoms with van der Waals surface area (Å²) in [5, 5.41) is 10.7. The monoisotopic (exact) mass is 388 g/mol. The van der Waals surface area contributed by atoms with Crippen LogP contribution in [0.4, 0.5) is 0 Å². The van der Waals surface area contributed by atoms with Gasteiger partial charge in [-0.25, -0.2) is 0 Å². The number of benzene rings is 2. The summed E-state index contributed by atoms with van der Waals surface area (Å²) < 4.78 is 5.97. The highest BCUT2D eigenvalue weighted by Gasteiger charge is 2.19. The van der Waals surface area contributed by atoms with E-state index in [1.807, 2.05) is 24.3 Å². The summed E-state index contributed by atoms with van der Waals surface area (Å²) >= 11 is 0. The Kier molecular flexibility index (Phi) is 6.23. The third-order valence-corrected chi connectivity index (χ3v) is 5.71. The minimum Gasteiger partial charge on any atom is -0.492 e. The van der Waals surface area contributed by atoms with Crippen molar-refractivity contribution in [1.82, 2.24) is 9.88 Å². The predicted molar refractivity (Wildman–Crippen MR) is 115 cm³/mol. The molecule has 1 aliphatic rings. The maximum Gasteiger partial charge on any atom is 0.123 e. The molecule has 1 N–H and O–H groups in total. The van der Waals surface area contributed by atoms with Gasteiger partial charge in [0.05, 0.1) is 0 Å². The molecule has 1 aromatic heterocycles. The van der Waals surface area contributed by atoms with E-state index in [1.165, 1.54) is 5.56 Å². The Bertz CT molecular complexity index is 915. The molecule has 4 nitrogen and oxygen atoms in total. The maximum atomic E-state index is 10.7. The number of nitrogens with zero attached hydrogens (tertiary/aromatic N) is 2. The average Bonchev–Trinajstić information content (AvgIpc) is 2.99. The fourth-order valence-corrected chi connectivity index (χ4v) is 3.88. The molecule has 0 aliphatic carbocycles. The molecule has 0 radical (unpaired) electrons. The number of fused-ring (bicyclic) bond motifs is 1. The Morgan fingerprint density at radius 3 is 2.66 bits per heavy atom. The van der Waals surface area contributed by atoms with E-state index >= 15 is 0 Å². The summed E-state index contributed by atoms with van der Waals surface area (Å²) in [5.41, 5.74) is 4.20. The first kappa shape index (κ1) is 19.6. The highest BCUT2D eigenvalue weighted by Crippen LogP contribution is 2.30. The molecule has 2 aromatic carbocycles. The van der Waals surface area contributed by atoms with Gasteiger partial charge in [0.15, 0.2) is 0 Å². The van der Waals surface area contributed by atoms with E-state index in [1.54, 1.807) is 12.4 Å². The molecule has 4 heteroatoms. The zero-order valence-electron chi connectivity index (χ0n) is 16.9. The van der Waals surface area contributed by atoms with E-state index in [4.69, 9.17) is 4.74 Å². The molecule has 0 spiro atoms. The van der Waals surface area contributed by atoms with Crippen LogP contribution in [0.1, 0.15) is 47.6 Å². The van der Waals surface area contributed by atoms with Crippen LogP contribution in [0.25, 0.3) is 0 Å². The van der Waals surface area contributed by atoms with Gasteiger partial charge in [0.1, 0.15) is 18.5 Å². The lowest BCUT2D eigenvalue weighted by Gasteiger charge is -2.22. The number of ether oxygens (including phenoxy) is 1. The lowest BCUT2D eigenvalue weighted by atomic mass is 9.97. The number of aromatic nitrogens is 1. The van der Waals surface area contributed by atoms with Crippen molar-refractivity contribution in [2.75, 3.05) is 19.7 Å². The van der Waals surface area contributed by atoms with Crippen LogP contribution in [0.2, 0.25) is 0 Å². The summed E-state index contributed by atoms with van der Waals surface area (Å²) in [6.45, 7) is 5.76. The molecular weight excluding hydrogens is 360 g/mol. The van der Waals surface area contributed by atoms with Crippen molar-refractivity contribution in [2.24, 2.45) is 0 Å². The number of pyridine rings is 1. The van der Waals surface area contributed by atoms with Crippen LogP contribution in [0.15, 0.2) is 73.1 Å². The van der Waals surface area contributed by atoms with Crippen LogP contribution in [-0.2, 0) is 6.54 Å². The third-order valence-electron chi connectivity index (χ3n) is 5.71. The summed E-state index contributed by atoms with van der Waals surface area (Å²) in [5.74, 6) is 1.45. The molecule has 4 rings (SSSR count). The Hall–Kier alpha value is -2.69. The number of rotatable bonds is 6. The first-order chi connectivity index (χ1) is 14.2. The van der Waals surface area contributed by atoms with E-state index in [9.17, 15) is 5.11 Å². The van der Waals surface area contributed by atoms with E-state index < -0.39 is 6.10 Å². The quantitative estimate of drug-likeness (QED) is 0.673. The van der Waals surface area contributed by atoms with Crippen LogP contribution in [-0.4, -0.2) is 34.7 Å². The minimum absolute atomic E-state index is 0.526. The van der Waals surface area contributed by atoms with Gasteiger partial charge in [-0.05, 0) is 48.2 Å². The van der Waals surface area contributed by atoms with Gasteiger partial charge in [-0.15, -0.1) is 0 Å². The smallest absolute Gasteiger partial charge is 0.123 e. The SMILES string of the molecule is C[C@H](CCN1CCOc2ccc([C@@H](O)c3cccnc3)cc2C1)c1ccccc1. The highest BCUT2D eigenvalue weighted by atomic mass is 16.5. The lowest BCUT2D eigenvalue weighted by Crippen LogP contribution is -2.27. The van der Waals surface area contributed by atoms with Gasteiger partial charge in [-0.2, -0.15) is 0 Å². The van der Waals surface area contributed by atoms with Crippen molar-refractivity contribution in [1.29, 1.82) is 0 Å². The van der Waals surface area contributed by atoms with Crippen LogP contribution in [0, 0.1) is 0 Å². The Labute approximate surface area is 172 Å². The minimum atomic E-state index is -0.677. The first-order valence-electron chi connectivity index (χ1n) is 10.3.